The Morgan fingerprint density at radius 2 is 1.43 bits per heavy atom. The molecule has 0 aliphatic carbocycles. The molecule has 24 nitrogen and oxygen atoms in total. The van der Waals surface area contributed by atoms with Crippen molar-refractivity contribution in [3.05, 3.63) is 145 Å². The average molecular weight is 1190 g/mol. The highest BCUT2D eigenvalue weighted by Gasteiger charge is 2.55. The second-order valence-electron chi connectivity index (χ2n) is 19.8. The van der Waals surface area contributed by atoms with E-state index in [-0.39, 0.29) is 57.5 Å². The summed E-state index contributed by atoms with van der Waals surface area (Å²) in [5, 5.41) is 9.19. The smallest absolute Gasteiger partial charge is 0.389 e. The fourth-order valence-electron chi connectivity index (χ4n) is 10.4. The molecule has 3 saturated heterocycles. The normalized spacial score (nSPS) is 26.1. The molecule has 0 amide bonds. The number of halogens is 2. The zero-order valence-electron chi connectivity index (χ0n) is 43.7. The molecule has 0 bridgehead atoms. The van der Waals surface area contributed by atoms with Gasteiger partial charge in [0.2, 0.25) is 7.57 Å². The highest BCUT2D eigenvalue weighted by molar-refractivity contribution is 8.54. The van der Waals surface area contributed by atoms with Crippen molar-refractivity contribution < 1.29 is 59.7 Å². The Kier molecular flexibility index (Phi) is 14.6. The van der Waals surface area contributed by atoms with Crippen LogP contribution in [-0.4, -0.2) is 126 Å². The molecule has 424 valence electrons. The summed E-state index contributed by atoms with van der Waals surface area (Å²) in [6.45, 7) is -4.69. The van der Waals surface area contributed by atoms with E-state index < -0.39 is 82.7 Å². The molecule has 0 unspecified atom stereocenters. The third kappa shape index (κ3) is 10.6. The number of pyridine rings is 1. The van der Waals surface area contributed by atoms with Gasteiger partial charge < -0.3 is 44.4 Å². The summed E-state index contributed by atoms with van der Waals surface area (Å²) in [6.07, 6.45) is -8.71. The summed E-state index contributed by atoms with van der Waals surface area (Å²) in [5.74, 6) is 0.0292. The lowest BCUT2D eigenvalue weighted by Crippen LogP contribution is -2.37. The van der Waals surface area contributed by atoms with Crippen LogP contribution in [0, 0.1) is 0 Å². The Bertz CT molecular complexity index is 4020. The molecule has 4 N–H and O–H groups in total. The number of alkyl halides is 2. The van der Waals surface area contributed by atoms with E-state index in [9.17, 15) is 9.36 Å². The van der Waals surface area contributed by atoms with Crippen molar-refractivity contribution in [2.45, 2.75) is 68.1 Å². The monoisotopic (exact) mass is 1190 g/mol. The summed E-state index contributed by atoms with van der Waals surface area (Å²) in [4.78, 5) is 36.5. The van der Waals surface area contributed by atoms with E-state index in [0.717, 1.165) is 46.6 Å². The molecule has 10 atom stereocenters. The number of esters is 1. The number of hydrogen-bond acceptors (Lipinski definition) is 22. The minimum absolute atomic E-state index is 0.0170. The number of carbonyl (C=O) groups excluding carboxylic acids is 1. The van der Waals surface area contributed by atoms with E-state index >= 15 is 13.3 Å². The van der Waals surface area contributed by atoms with Crippen LogP contribution in [-0.2, 0) is 55.5 Å². The number of aromatic nitrogens is 10. The molecular weight excluding hydrogens is 1140 g/mol. The topological polar surface area (TPSA) is 285 Å². The maximum Gasteiger partial charge on any atom is 0.389 e. The van der Waals surface area contributed by atoms with Gasteiger partial charge in [-0.25, -0.2) is 47.7 Å². The maximum atomic E-state index is 17.0. The van der Waals surface area contributed by atoms with Crippen molar-refractivity contribution in [3.63, 3.8) is 0 Å². The van der Waals surface area contributed by atoms with Crippen molar-refractivity contribution in [1.29, 1.82) is 0 Å². The van der Waals surface area contributed by atoms with Gasteiger partial charge in [0.25, 0.3) is 7.47 Å². The first-order chi connectivity index (χ1) is 40.2. The Morgan fingerprint density at radius 1 is 0.771 bits per heavy atom. The van der Waals surface area contributed by atoms with Gasteiger partial charge in [-0.3, -0.25) is 22.7 Å². The van der Waals surface area contributed by atoms with Gasteiger partial charge in [0.05, 0.1) is 49.4 Å². The molecule has 4 aromatic carbocycles. The van der Waals surface area contributed by atoms with Gasteiger partial charge in [-0.05, 0) is 71.0 Å². The first kappa shape index (κ1) is 54.6. The SMILES string of the molecule is [B][P@@]1(=O)OC[C@H]2O[C@@H](n3cnc4c(N)ccnc43)[C@H](F)[C@@H]2O[P@](=O)(SCc2ccc(OC(=O)c3ccc(OCCn4nnc5c4-c4ccccc4N(C)Cc4ccccc4-5)cc3)cc2)OC[C@H]2O[C@@H](n3cnc4c(N)ncnc43)[C@H](F)[C@@H]2O1. The first-order valence-electron chi connectivity index (χ1n) is 25.9. The molecule has 83 heavy (non-hydrogen) atoms. The fourth-order valence-corrected chi connectivity index (χ4v) is 14.8. The predicted octanol–water partition coefficient (Wildman–Crippen LogP) is 8.22. The number of nitrogens with zero attached hydrogens (tertiary/aromatic N) is 11. The molecule has 2 radical (unpaired) electrons. The number of hydrogen-bond donors (Lipinski definition) is 2. The van der Waals surface area contributed by atoms with Crippen LogP contribution in [0.15, 0.2) is 128 Å². The minimum atomic E-state index is -4.72. The summed E-state index contributed by atoms with van der Waals surface area (Å²) in [7, 11) is 3.42. The van der Waals surface area contributed by atoms with Crippen molar-refractivity contribution in [2.75, 3.05) is 43.2 Å². The second-order valence-corrected chi connectivity index (χ2v) is 25.3. The number of anilines is 3. The van der Waals surface area contributed by atoms with E-state index in [1.807, 2.05) is 28.9 Å². The van der Waals surface area contributed by atoms with Crippen LogP contribution < -0.4 is 25.8 Å². The lowest BCUT2D eigenvalue weighted by Gasteiger charge is -2.30. The Balaban J connectivity index is 0.690. The van der Waals surface area contributed by atoms with Crippen molar-refractivity contribution in [3.8, 4) is 34.0 Å². The standard InChI is InChI=1S/C53H48BF2N13O11P2S/c1-66-22-31-6-2-3-7-34(31)42-45(35-8-4-5-9-37(35)66)69(65-64-42)20-21-73-32-16-12-30(13-17-32)53(70)76-33-14-10-29(11-15-33)25-83-82(72)75-24-39-46(40(55)51(78-39)68-28-63-44-48(58)60-26-61-50(44)68)79-81(54,71)74-23-38-47(80-82)41(56)52(77-38)67-27-62-43-36(57)18-19-59-49(43)67/h2-19,26-28,38-41,46-47,51-52H,20-25H2,1H3,(H2,57,59)(H2,58,60,61)/t38-,39-,40-,41-,46-,47-,51-,52-,81-,82-/m1/s1. The lowest BCUT2D eigenvalue weighted by atomic mass is 9.96. The third-order valence-electron chi connectivity index (χ3n) is 14.5. The van der Waals surface area contributed by atoms with Gasteiger partial charge in [-0.2, -0.15) is 0 Å². The lowest BCUT2D eigenvalue weighted by molar-refractivity contribution is -0.0546. The van der Waals surface area contributed by atoms with Crippen LogP contribution in [0.3, 0.4) is 0 Å². The molecule has 13 rings (SSSR count). The zero-order valence-corrected chi connectivity index (χ0v) is 46.3. The molecular formula is C53H48BF2N13O11P2S. The minimum Gasteiger partial charge on any atom is -0.492 e. The molecule has 5 aromatic heterocycles. The molecule has 30 heteroatoms. The quantitative estimate of drug-likeness (QED) is 0.0533. The fraction of sp³-hybridized carbons (Fsp3) is 0.283. The molecule has 9 heterocycles. The highest BCUT2D eigenvalue weighted by atomic mass is 32.7. The largest absolute Gasteiger partial charge is 0.492 e. The van der Waals surface area contributed by atoms with Crippen LogP contribution in [0.25, 0.3) is 44.8 Å². The van der Waals surface area contributed by atoms with Gasteiger partial charge in [0.1, 0.15) is 65.6 Å². The van der Waals surface area contributed by atoms with Gasteiger partial charge >= 0.3 is 12.8 Å². The Hall–Kier alpha value is -7.65. The van der Waals surface area contributed by atoms with E-state index in [4.69, 9.17) is 56.1 Å². The number of carbonyl (C=O) groups is 1. The van der Waals surface area contributed by atoms with Gasteiger partial charge in [-0.1, -0.05) is 59.8 Å². The van der Waals surface area contributed by atoms with E-state index in [0.29, 0.717) is 29.2 Å². The summed E-state index contributed by atoms with van der Waals surface area (Å²) >= 11 is 0.675. The molecule has 4 aliphatic heterocycles. The van der Waals surface area contributed by atoms with Gasteiger partial charge in [0.15, 0.2) is 41.9 Å². The van der Waals surface area contributed by atoms with Crippen LogP contribution >= 0.6 is 25.7 Å². The molecule has 3 fully saturated rings. The molecule has 0 spiro atoms. The van der Waals surface area contributed by atoms with Gasteiger partial charge in [-0.15, -0.1) is 5.10 Å². The number of benzene rings is 4. The van der Waals surface area contributed by atoms with Crippen molar-refractivity contribution in [2.24, 2.45) is 0 Å². The summed E-state index contributed by atoms with van der Waals surface area (Å²) < 4.78 is 115. The predicted molar refractivity (Wildman–Crippen MR) is 300 cm³/mol. The third-order valence-corrected chi connectivity index (χ3v) is 19.2. The maximum absolute atomic E-state index is 17.0. The number of fused-ring (bicyclic) bond motifs is 9. The van der Waals surface area contributed by atoms with Crippen LogP contribution in [0.1, 0.15) is 33.9 Å². The number of imidazole rings is 2. The Labute approximate surface area is 475 Å². The number of nitrogens with two attached hydrogens (primary N) is 2. The van der Waals surface area contributed by atoms with Crippen molar-refractivity contribution >= 4 is 78.7 Å². The zero-order chi connectivity index (χ0) is 57.1. The molecule has 0 saturated carbocycles. The van der Waals surface area contributed by atoms with Crippen LogP contribution in [0.4, 0.5) is 26.0 Å². The summed E-state index contributed by atoms with van der Waals surface area (Å²) in [6, 6.07) is 30.8. The van der Waals surface area contributed by atoms with Gasteiger partial charge in [0, 0.05) is 42.4 Å². The summed E-state index contributed by atoms with van der Waals surface area (Å²) in [5.41, 5.74) is 19.8. The van der Waals surface area contributed by atoms with E-state index in [1.54, 1.807) is 48.5 Å². The average Bonchev–Trinajstić information content (AvgIpc) is 3.02. The number of para-hydroxylation sites is 1. The van der Waals surface area contributed by atoms with Crippen LogP contribution in [0.5, 0.6) is 11.5 Å². The molecule has 4 aliphatic rings. The van der Waals surface area contributed by atoms with Crippen LogP contribution in [0.2, 0.25) is 0 Å². The van der Waals surface area contributed by atoms with E-state index in [1.165, 1.54) is 34.1 Å². The number of nitrogen functional groups attached to an aromatic ring is 2. The number of rotatable bonds is 11. The molecule has 9 aromatic rings. The van der Waals surface area contributed by atoms with E-state index in [2.05, 4.69) is 71.4 Å². The second kappa shape index (κ2) is 22.2. The number of ether oxygens (including phenoxy) is 4. The Morgan fingerprint density at radius 3 is 2.19 bits per heavy atom. The first-order valence-corrected chi connectivity index (χ1v) is 30.7. The van der Waals surface area contributed by atoms with Crippen molar-refractivity contribution in [1.82, 2.24) is 49.0 Å². The highest BCUT2D eigenvalue weighted by Crippen LogP contribution is 2.65.